The summed E-state index contributed by atoms with van der Waals surface area (Å²) >= 11 is -4.21. The van der Waals surface area contributed by atoms with E-state index in [4.69, 9.17) is 6.15 Å². The molecule has 11 heteroatoms. The minimum atomic E-state index is -4.21. The van der Waals surface area contributed by atoms with E-state index < -0.39 is 54.8 Å². The number of hydrogen-bond donors (Lipinski definition) is 0. The number of unbranched alkanes of at least 4 members (excludes halogenated alkanes) is 2. The Morgan fingerprint density at radius 1 is 0.697 bits per heavy atom. The molecular formula is C22H30N2O8Sn. The summed E-state index contributed by atoms with van der Waals surface area (Å²) in [7, 11) is 0. The fourth-order valence-electron chi connectivity index (χ4n) is 3.47. The average Bonchev–Trinajstić information content (AvgIpc) is 3.27. The Balaban J connectivity index is 2.02. The zero-order chi connectivity index (χ0) is 24.4. The standard InChI is InChI=1S/2C7H7NO4.2C4H9.Sn/c2*9-5-1-2-6(10)8(5)4-3-7(11)12;2*1-3-4-2;/h2*1-2H,3-4H2,(H,11,12);2*1,3-4H2,2H3;/q;;;;+2/p-2. The molecule has 33 heavy (non-hydrogen) atoms. The van der Waals surface area contributed by atoms with Crippen molar-refractivity contribution in [3.63, 3.8) is 0 Å². The second kappa shape index (κ2) is 12.7. The van der Waals surface area contributed by atoms with E-state index in [1.165, 1.54) is 0 Å². The normalized spacial score (nSPS) is 15.7. The summed E-state index contributed by atoms with van der Waals surface area (Å²) in [5.74, 6) is -3.13. The molecule has 0 fully saturated rings. The van der Waals surface area contributed by atoms with Crippen LogP contribution in [-0.2, 0) is 34.9 Å². The Morgan fingerprint density at radius 3 is 1.33 bits per heavy atom. The summed E-state index contributed by atoms with van der Waals surface area (Å²) < 4.78 is 12.7. The molecule has 0 saturated carbocycles. The number of amides is 4. The van der Waals surface area contributed by atoms with Crippen molar-refractivity contribution in [1.29, 1.82) is 0 Å². The molecule has 0 aromatic carbocycles. The molecule has 2 rings (SSSR count). The number of imide groups is 2. The van der Waals surface area contributed by atoms with E-state index in [1.807, 2.05) is 13.8 Å². The number of carbonyl (C=O) groups excluding carboxylic acids is 6. The average molecular weight is 569 g/mol. The molecule has 0 spiro atoms. The van der Waals surface area contributed by atoms with E-state index in [0.717, 1.165) is 59.8 Å². The molecular weight excluding hydrogens is 539 g/mol. The quantitative estimate of drug-likeness (QED) is 0.229. The van der Waals surface area contributed by atoms with Crippen LogP contribution in [0.25, 0.3) is 0 Å². The first-order chi connectivity index (χ1) is 15.7. The van der Waals surface area contributed by atoms with Gasteiger partial charge in [-0.1, -0.05) is 0 Å². The fraction of sp³-hybridized carbons (Fsp3) is 0.545. The first kappa shape index (κ1) is 26.7. The van der Waals surface area contributed by atoms with Crippen LogP contribution in [0.2, 0.25) is 8.87 Å². The maximum atomic E-state index is 12.7. The van der Waals surface area contributed by atoms with Crippen molar-refractivity contribution in [1.82, 2.24) is 9.80 Å². The van der Waals surface area contributed by atoms with Crippen molar-refractivity contribution < 1.29 is 34.9 Å². The molecule has 0 aromatic heterocycles. The molecule has 10 nitrogen and oxygen atoms in total. The van der Waals surface area contributed by atoms with E-state index in [9.17, 15) is 28.8 Å². The zero-order valence-corrected chi connectivity index (χ0v) is 21.9. The SMILES string of the molecule is CCC[CH2][Sn]([CH2]CCC)([O]C(=O)CCN1C(=O)C=CC1=O)[O]C(=O)CCN1C(=O)C=CC1=O. The summed E-state index contributed by atoms with van der Waals surface area (Å²) in [6, 6.07) is 0. The van der Waals surface area contributed by atoms with Crippen molar-refractivity contribution in [2.45, 2.75) is 61.2 Å². The third-order valence-electron chi connectivity index (χ3n) is 5.30. The molecule has 0 aromatic rings. The molecule has 2 aliphatic heterocycles. The first-order valence-corrected chi connectivity index (χ1v) is 17.6. The van der Waals surface area contributed by atoms with Crippen LogP contribution in [0.4, 0.5) is 0 Å². The van der Waals surface area contributed by atoms with Crippen LogP contribution in [0.1, 0.15) is 52.4 Å². The van der Waals surface area contributed by atoms with E-state index in [-0.39, 0.29) is 25.9 Å². The second-order valence-electron chi connectivity index (χ2n) is 7.89. The van der Waals surface area contributed by atoms with Gasteiger partial charge in [-0.3, -0.25) is 0 Å². The summed E-state index contributed by atoms with van der Waals surface area (Å²) in [6.07, 6.45) is 7.31. The Kier molecular flexibility index (Phi) is 10.3. The van der Waals surface area contributed by atoms with Gasteiger partial charge in [-0.15, -0.1) is 0 Å². The topological polar surface area (TPSA) is 127 Å². The van der Waals surface area contributed by atoms with Gasteiger partial charge in [0.1, 0.15) is 0 Å². The second-order valence-corrected chi connectivity index (χ2v) is 17.1. The van der Waals surface area contributed by atoms with Crippen LogP contribution in [0.15, 0.2) is 24.3 Å². The summed E-state index contributed by atoms with van der Waals surface area (Å²) in [5.41, 5.74) is 0. The molecule has 2 heterocycles. The van der Waals surface area contributed by atoms with Crippen molar-refractivity contribution >= 4 is 54.8 Å². The van der Waals surface area contributed by atoms with Crippen LogP contribution in [0.5, 0.6) is 0 Å². The minimum absolute atomic E-state index is 0.104. The molecule has 0 atom stereocenters. The van der Waals surface area contributed by atoms with E-state index in [1.54, 1.807) is 0 Å². The van der Waals surface area contributed by atoms with Crippen LogP contribution in [0, 0.1) is 0 Å². The Labute approximate surface area is 197 Å². The van der Waals surface area contributed by atoms with Crippen LogP contribution < -0.4 is 0 Å². The van der Waals surface area contributed by atoms with Crippen molar-refractivity contribution in [3.8, 4) is 0 Å². The summed E-state index contributed by atoms with van der Waals surface area (Å²) in [5, 5.41) is 0. The van der Waals surface area contributed by atoms with E-state index >= 15 is 0 Å². The van der Waals surface area contributed by atoms with Crippen LogP contribution >= 0.6 is 0 Å². The molecule has 0 bridgehead atoms. The molecule has 0 unspecified atom stereocenters. The maximum absolute atomic E-state index is 12.7. The summed E-state index contributed by atoms with van der Waals surface area (Å²) in [6.45, 7) is 3.75. The van der Waals surface area contributed by atoms with Crippen molar-refractivity contribution in [3.05, 3.63) is 24.3 Å². The van der Waals surface area contributed by atoms with Crippen molar-refractivity contribution in [2.75, 3.05) is 13.1 Å². The molecule has 2 aliphatic rings. The van der Waals surface area contributed by atoms with Gasteiger partial charge < -0.3 is 0 Å². The van der Waals surface area contributed by atoms with Gasteiger partial charge >= 0.3 is 198 Å². The summed E-state index contributed by atoms with van der Waals surface area (Å²) in [4.78, 5) is 74.0. The van der Waals surface area contributed by atoms with Crippen LogP contribution in [0.3, 0.4) is 0 Å². The Hall–Kier alpha value is -2.50. The molecule has 0 radical (unpaired) electrons. The number of hydrogen-bond acceptors (Lipinski definition) is 8. The van der Waals surface area contributed by atoms with Gasteiger partial charge in [0.05, 0.1) is 0 Å². The van der Waals surface area contributed by atoms with E-state index in [2.05, 4.69) is 0 Å². The van der Waals surface area contributed by atoms with E-state index in [0.29, 0.717) is 8.87 Å². The fourth-order valence-corrected chi connectivity index (χ4v) is 13.5. The Morgan fingerprint density at radius 2 is 1.03 bits per heavy atom. The predicted molar refractivity (Wildman–Crippen MR) is 118 cm³/mol. The van der Waals surface area contributed by atoms with Gasteiger partial charge in [-0.2, -0.15) is 0 Å². The van der Waals surface area contributed by atoms with Gasteiger partial charge in [0.15, 0.2) is 0 Å². The van der Waals surface area contributed by atoms with Gasteiger partial charge in [-0.25, -0.2) is 0 Å². The molecule has 0 saturated heterocycles. The van der Waals surface area contributed by atoms with Crippen molar-refractivity contribution in [2.24, 2.45) is 0 Å². The number of carbonyl (C=O) groups is 6. The monoisotopic (exact) mass is 570 g/mol. The van der Waals surface area contributed by atoms with Gasteiger partial charge in [-0.05, 0) is 0 Å². The predicted octanol–water partition coefficient (Wildman–Crippen LogP) is 1.75. The van der Waals surface area contributed by atoms with Gasteiger partial charge in [0.25, 0.3) is 0 Å². The molecule has 0 aliphatic carbocycles. The Bertz CT molecular complexity index is 760. The van der Waals surface area contributed by atoms with Gasteiger partial charge in [0.2, 0.25) is 0 Å². The zero-order valence-electron chi connectivity index (χ0n) is 19.0. The third kappa shape index (κ3) is 7.79. The number of rotatable bonds is 14. The number of nitrogens with zero attached hydrogens (tertiary/aromatic N) is 2. The molecule has 180 valence electrons. The molecule has 4 amide bonds. The van der Waals surface area contributed by atoms with Gasteiger partial charge in [0, 0.05) is 0 Å². The molecule has 0 N–H and O–H groups in total. The first-order valence-electron chi connectivity index (χ1n) is 11.2. The van der Waals surface area contributed by atoms with Crippen LogP contribution in [-0.4, -0.2) is 77.7 Å². The third-order valence-corrected chi connectivity index (χ3v) is 15.1.